The molecule has 0 aliphatic heterocycles. The van der Waals surface area contributed by atoms with Crippen molar-refractivity contribution in [2.75, 3.05) is 0 Å². The number of thiazole rings is 1. The Morgan fingerprint density at radius 2 is 2.24 bits per heavy atom. The number of halogens is 1. The molecule has 1 heterocycles. The summed E-state index contributed by atoms with van der Waals surface area (Å²) in [5.74, 6) is -1.65. The summed E-state index contributed by atoms with van der Waals surface area (Å²) in [5.41, 5.74) is 0.437. The summed E-state index contributed by atoms with van der Waals surface area (Å²) in [6, 6.07) is 5.45. The van der Waals surface area contributed by atoms with Crippen molar-refractivity contribution in [1.29, 1.82) is 5.26 Å². The number of Topliss-reactive ketones (excluding diaryl/α,β-unsaturated/α-hetero) is 1. The number of nitriles is 1. The summed E-state index contributed by atoms with van der Waals surface area (Å²) in [6.07, 6.45) is 0. The fourth-order valence-electron chi connectivity index (χ4n) is 1.72. The summed E-state index contributed by atoms with van der Waals surface area (Å²) in [6.45, 7) is 1.75. The summed E-state index contributed by atoms with van der Waals surface area (Å²) >= 11 is 6.98. The number of non-ortho nitro benzene ring substituents is 1. The van der Waals surface area contributed by atoms with Gasteiger partial charge < -0.3 is 0 Å². The molecule has 0 amide bonds. The van der Waals surface area contributed by atoms with Gasteiger partial charge in [0.25, 0.3) is 5.69 Å². The molecule has 1 aromatic carbocycles. The Bertz CT molecular complexity index is 766. The van der Waals surface area contributed by atoms with Gasteiger partial charge in [0.1, 0.15) is 5.01 Å². The number of carbonyl (C=O) groups is 1. The van der Waals surface area contributed by atoms with E-state index >= 15 is 0 Å². The van der Waals surface area contributed by atoms with Crippen LogP contribution in [0.4, 0.5) is 5.69 Å². The monoisotopic (exact) mass is 321 g/mol. The quantitative estimate of drug-likeness (QED) is 0.487. The standard InChI is InChI=1S/C13H8ClN3O3S/c1-7-6-21-13(16-7)11(5-15)12(18)8-2-9(14)4-10(3-8)17(19)20/h2-4,6,11H,1H3/t11-/m1/s1. The zero-order chi connectivity index (χ0) is 15.6. The lowest BCUT2D eigenvalue weighted by Crippen LogP contribution is -2.11. The predicted octanol–water partition coefficient (Wildman–Crippen LogP) is 3.50. The summed E-state index contributed by atoms with van der Waals surface area (Å²) in [4.78, 5) is 26.7. The molecule has 6 nitrogen and oxygen atoms in total. The molecule has 0 fully saturated rings. The Kier molecular flexibility index (Phi) is 4.31. The van der Waals surface area contributed by atoms with Gasteiger partial charge in [-0.2, -0.15) is 5.26 Å². The average molecular weight is 322 g/mol. The lowest BCUT2D eigenvalue weighted by molar-refractivity contribution is -0.384. The van der Waals surface area contributed by atoms with Crippen LogP contribution >= 0.6 is 22.9 Å². The molecule has 2 rings (SSSR count). The molecule has 1 atom stereocenters. The molecular formula is C13H8ClN3O3S. The van der Waals surface area contributed by atoms with Crippen LogP contribution in [0.1, 0.15) is 27.0 Å². The molecule has 0 aliphatic carbocycles. The highest BCUT2D eigenvalue weighted by Gasteiger charge is 2.26. The lowest BCUT2D eigenvalue weighted by Gasteiger charge is -2.05. The molecule has 0 saturated carbocycles. The highest BCUT2D eigenvalue weighted by molar-refractivity contribution is 7.10. The second-order valence-corrected chi connectivity index (χ2v) is 5.53. The number of hydrogen-bond acceptors (Lipinski definition) is 6. The van der Waals surface area contributed by atoms with Gasteiger partial charge in [0.2, 0.25) is 0 Å². The molecule has 0 N–H and O–H groups in total. The molecule has 21 heavy (non-hydrogen) atoms. The van der Waals surface area contributed by atoms with Crippen LogP contribution in [0.15, 0.2) is 23.6 Å². The summed E-state index contributed by atoms with van der Waals surface area (Å²) < 4.78 is 0. The maximum atomic E-state index is 12.4. The SMILES string of the molecule is Cc1csc([C@H](C#N)C(=O)c2cc(Cl)cc([N+](=O)[O-])c2)n1. The number of carbonyl (C=O) groups excluding carboxylic acids is 1. The van der Waals surface area contributed by atoms with E-state index in [4.69, 9.17) is 11.6 Å². The number of nitrogens with zero attached hydrogens (tertiary/aromatic N) is 3. The molecule has 0 unspecified atom stereocenters. The minimum atomic E-state index is -1.10. The van der Waals surface area contributed by atoms with Gasteiger partial charge in [0.15, 0.2) is 11.7 Å². The second-order valence-electron chi connectivity index (χ2n) is 4.21. The predicted molar refractivity (Wildman–Crippen MR) is 77.6 cm³/mol. The van der Waals surface area contributed by atoms with E-state index in [9.17, 15) is 20.2 Å². The van der Waals surface area contributed by atoms with Crippen molar-refractivity contribution < 1.29 is 9.72 Å². The van der Waals surface area contributed by atoms with Crippen molar-refractivity contribution in [3.8, 4) is 6.07 Å². The van der Waals surface area contributed by atoms with Crippen molar-refractivity contribution in [3.05, 3.63) is 55.0 Å². The maximum Gasteiger partial charge on any atom is 0.271 e. The number of aromatic nitrogens is 1. The molecule has 0 bridgehead atoms. The van der Waals surface area contributed by atoms with Gasteiger partial charge in [-0.25, -0.2) is 4.98 Å². The fourth-order valence-corrected chi connectivity index (χ4v) is 2.79. The van der Waals surface area contributed by atoms with Gasteiger partial charge in [0, 0.05) is 33.8 Å². The minimum Gasteiger partial charge on any atom is -0.292 e. The van der Waals surface area contributed by atoms with Crippen LogP contribution in [-0.2, 0) is 0 Å². The van der Waals surface area contributed by atoms with Crippen molar-refractivity contribution >= 4 is 34.4 Å². The number of nitro benzene ring substituents is 1. The number of benzene rings is 1. The van der Waals surface area contributed by atoms with Crippen molar-refractivity contribution in [3.63, 3.8) is 0 Å². The van der Waals surface area contributed by atoms with E-state index in [2.05, 4.69) is 4.98 Å². The molecular weight excluding hydrogens is 314 g/mol. The Morgan fingerprint density at radius 3 is 2.76 bits per heavy atom. The molecule has 106 valence electrons. The first-order valence-corrected chi connectivity index (χ1v) is 6.99. The van der Waals surface area contributed by atoms with Crippen molar-refractivity contribution in [1.82, 2.24) is 4.98 Å². The number of rotatable bonds is 4. The molecule has 0 saturated heterocycles. The van der Waals surface area contributed by atoms with Gasteiger partial charge >= 0.3 is 0 Å². The smallest absolute Gasteiger partial charge is 0.271 e. The van der Waals surface area contributed by atoms with Gasteiger partial charge in [0.05, 0.1) is 11.0 Å². The lowest BCUT2D eigenvalue weighted by atomic mass is 9.99. The van der Waals surface area contributed by atoms with E-state index in [-0.39, 0.29) is 16.3 Å². The third-order valence-electron chi connectivity index (χ3n) is 2.65. The average Bonchev–Trinajstić information content (AvgIpc) is 2.85. The van der Waals surface area contributed by atoms with Gasteiger partial charge in [-0.1, -0.05) is 11.6 Å². The molecule has 0 aliphatic rings. The van der Waals surface area contributed by atoms with E-state index in [0.717, 1.165) is 12.1 Å². The largest absolute Gasteiger partial charge is 0.292 e. The Balaban J connectivity index is 2.43. The van der Waals surface area contributed by atoms with Crippen LogP contribution in [0.5, 0.6) is 0 Å². The van der Waals surface area contributed by atoms with E-state index in [1.165, 1.54) is 17.4 Å². The van der Waals surface area contributed by atoms with Crippen LogP contribution in [0.25, 0.3) is 0 Å². The molecule has 1 aromatic heterocycles. The Morgan fingerprint density at radius 1 is 1.52 bits per heavy atom. The first kappa shape index (κ1) is 15.1. The fraction of sp³-hybridized carbons (Fsp3) is 0.154. The van der Waals surface area contributed by atoms with Crippen LogP contribution in [0.2, 0.25) is 5.02 Å². The highest BCUT2D eigenvalue weighted by Crippen LogP contribution is 2.27. The number of nitro groups is 1. The molecule has 2 aromatic rings. The first-order chi connectivity index (χ1) is 9.92. The van der Waals surface area contributed by atoms with Crippen LogP contribution in [0.3, 0.4) is 0 Å². The van der Waals surface area contributed by atoms with Gasteiger partial charge in [-0.15, -0.1) is 11.3 Å². The van der Waals surface area contributed by atoms with Crippen LogP contribution < -0.4 is 0 Å². The summed E-state index contributed by atoms with van der Waals surface area (Å²) in [7, 11) is 0. The Labute approximate surface area is 128 Å². The van der Waals surface area contributed by atoms with Crippen molar-refractivity contribution in [2.45, 2.75) is 12.8 Å². The maximum absolute atomic E-state index is 12.4. The van der Waals surface area contributed by atoms with Crippen LogP contribution in [-0.4, -0.2) is 15.7 Å². The third-order valence-corrected chi connectivity index (χ3v) is 3.90. The Hall–Kier alpha value is -2.30. The van der Waals surface area contributed by atoms with E-state index in [0.29, 0.717) is 10.7 Å². The summed E-state index contributed by atoms with van der Waals surface area (Å²) in [5, 5.41) is 22.2. The normalized spacial score (nSPS) is 11.7. The van der Waals surface area contributed by atoms with E-state index < -0.39 is 16.6 Å². The number of hydrogen-bond donors (Lipinski definition) is 0. The van der Waals surface area contributed by atoms with Gasteiger partial charge in [-0.05, 0) is 13.0 Å². The topological polar surface area (TPSA) is 96.9 Å². The third kappa shape index (κ3) is 3.24. The molecule has 0 spiro atoms. The molecule has 8 heteroatoms. The van der Waals surface area contributed by atoms with E-state index in [1.54, 1.807) is 12.3 Å². The zero-order valence-corrected chi connectivity index (χ0v) is 12.3. The van der Waals surface area contributed by atoms with Crippen LogP contribution in [0, 0.1) is 28.4 Å². The zero-order valence-electron chi connectivity index (χ0n) is 10.7. The molecule has 0 radical (unpaired) electrons. The van der Waals surface area contributed by atoms with E-state index in [1.807, 2.05) is 6.07 Å². The van der Waals surface area contributed by atoms with Crippen molar-refractivity contribution in [2.24, 2.45) is 0 Å². The number of ketones is 1. The number of aryl methyl sites for hydroxylation is 1. The highest BCUT2D eigenvalue weighted by atomic mass is 35.5. The van der Waals surface area contributed by atoms with Gasteiger partial charge in [-0.3, -0.25) is 14.9 Å². The second kappa shape index (κ2) is 5.99. The first-order valence-electron chi connectivity index (χ1n) is 5.73. The minimum absolute atomic E-state index is 0.0219.